The fraction of sp³-hybridized carbons (Fsp3) is 0. The van der Waals surface area contributed by atoms with E-state index in [-0.39, 0.29) is 98.1 Å². The molecule has 1 aromatic heterocycles. The number of nitrogens with zero attached hydrogens (tertiary/aromatic N) is 3. The third kappa shape index (κ3) is 10.3. The average Bonchev–Trinajstić information content (AvgIpc) is 1.72. The number of rotatable bonds is 0. The van der Waals surface area contributed by atoms with Crippen molar-refractivity contribution in [2.75, 3.05) is 0 Å². The minimum Gasteiger partial charge on any atom is -0.646 e. The predicted molar refractivity (Wildman–Crippen MR) is 16.3 cm³/mol. The molecule has 0 atom stereocenters. The summed E-state index contributed by atoms with van der Waals surface area (Å²) < 4.78 is 0. The molecule has 0 unspecified atom stereocenters. The van der Waals surface area contributed by atoms with Crippen LogP contribution in [0.25, 0.3) is 0 Å². The van der Waals surface area contributed by atoms with Gasteiger partial charge in [-0.2, -0.15) is 0 Å². The van der Waals surface area contributed by atoms with Crippen LogP contribution in [0.5, 0.6) is 0 Å². The van der Waals surface area contributed by atoms with Crippen molar-refractivity contribution >= 4 is 0 Å². The summed E-state index contributed by atoms with van der Waals surface area (Å²) in [6, 6.07) is 0. The number of hydrogen-bond acceptors (Lipinski definition) is 3. The van der Waals surface area contributed by atoms with Gasteiger partial charge in [0.15, 0.2) is 0 Å². The fourth-order valence-electron chi connectivity index (χ4n) is 0.142. The van der Waals surface area contributed by atoms with Crippen LogP contribution in [-0.4, -0.2) is 15.0 Å². The summed E-state index contributed by atoms with van der Waals surface area (Å²) in [5.74, 6) is 0. The van der Waals surface area contributed by atoms with E-state index in [9.17, 15) is 0 Å². The Hall–Kier alpha value is 2.32. The zero-order valence-corrected chi connectivity index (χ0v) is 13.1. The first kappa shape index (κ1) is 17.4. The van der Waals surface area contributed by atoms with Crippen molar-refractivity contribution in [1.29, 1.82) is 0 Å². The first-order chi connectivity index (χ1) is 3.00. The Morgan fingerprint density at radius 1 is 0.556 bits per heavy atom. The van der Waals surface area contributed by atoms with E-state index < -0.39 is 0 Å². The van der Waals surface area contributed by atoms with Crippen molar-refractivity contribution < 1.29 is 98.1 Å². The largest absolute Gasteiger partial charge is 0.646 e. The van der Waals surface area contributed by atoms with Crippen LogP contribution < -0.4 is 0 Å². The van der Waals surface area contributed by atoms with Gasteiger partial charge >= 0.3 is 0 Å². The Morgan fingerprint density at radius 2 is 0.778 bits per heavy atom. The molecule has 0 aliphatic carbocycles. The minimum absolute atomic E-state index is 0. The molecule has 0 amide bonds. The van der Waals surface area contributed by atoms with Crippen molar-refractivity contribution in [1.82, 2.24) is 15.0 Å². The van der Waals surface area contributed by atoms with Gasteiger partial charge in [-0.15, -0.1) is 0 Å². The van der Waals surface area contributed by atoms with Gasteiger partial charge < -0.3 is 33.9 Å². The molecule has 3 nitrogen and oxygen atoms in total. The summed E-state index contributed by atoms with van der Waals surface area (Å²) in [6.45, 7) is 0. The molecule has 1 rings (SSSR count). The Labute approximate surface area is 129 Å². The third-order valence-electron chi connectivity index (χ3n) is 0.300. The zero-order valence-electron chi connectivity index (χ0n) is 4.57. The van der Waals surface area contributed by atoms with Gasteiger partial charge in [0.25, 0.3) is 0 Å². The van der Waals surface area contributed by atoms with Gasteiger partial charge in [-0.3, -0.25) is 0 Å². The Kier molecular flexibility index (Phi) is 25.1. The molecular formula is C3N3Y3-3. The smallest absolute Gasteiger partial charge is 0 e. The second-order valence-corrected chi connectivity index (χ2v) is 0.635. The van der Waals surface area contributed by atoms with Crippen molar-refractivity contribution in [3.63, 3.8) is 0 Å². The topological polar surface area (TPSA) is 38.7 Å². The second-order valence-electron chi connectivity index (χ2n) is 0.635. The third-order valence-corrected chi connectivity index (χ3v) is 0.300. The first-order valence-electron chi connectivity index (χ1n) is 1.34. The van der Waals surface area contributed by atoms with E-state index in [1.54, 1.807) is 0 Å². The molecule has 3 radical (unpaired) electrons. The second kappa shape index (κ2) is 13.0. The fourth-order valence-corrected chi connectivity index (χ4v) is 0.142. The molecular weight excluding hydrogens is 345 g/mol. The molecule has 9 heavy (non-hydrogen) atoms. The predicted octanol–water partition coefficient (Wildman–Crippen LogP) is -0.735. The van der Waals surface area contributed by atoms with Gasteiger partial charge in [-0.1, -0.05) is 0 Å². The van der Waals surface area contributed by atoms with Crippen LogP contribution in [0.1, 0.15) is 0 Å². The summed E-state index contributed by atoms with van der Waals surface area (Å²) in [5, 5.41) is 0. The van der Waals surface area contributed by atoms with Crippen LogP contribution in [0.15, 0.2) is 0 Å². The van der Waals surface area contributed by atoms with Crippen molar-refractivity contribution in [2.24, 2.45) is 0 Å². The molecule has 0 saturated carbocycles. The summed E-state index contributed by atoms with van der Waals surface area (Å²) in [7, 11) is 0. The van der Waals surface area contributed by atoms with Crippen molar-refractivity contribution in [3.05, 3.63) is 19.0 Å². The molecule has 6 heteroatoms. The van der Waals surface area contributed by atoms with Gasteiger partial charge in [-0.05, 0) is 0 Å². The summed E-state index contributed by atoms with van der Waals surface area (Å²) in [6.07, 6.45) is 6.66. The quantitative estimate of drug-likeness (QED) is 0.582. The molecule has 0 aromatic carbocycles. The van der Waals surface area contributed by atoms with E-state index in [1.807, 2.05) is 0 Å². The summed E-state index contributed by atoms with van der Waals surface area (Å²) in [4.78, 5) is 9.84. The van der Waals surface area contributed by atoms with Gasteiger partial charge in [0.05, 0.1) is 0 Å². The molecule has 0 spiro atoms. The van der Waals surface area contributed by atoms with Crippen molar-refractivity contribution in [2.45, 2.75) is 0 Å². The Morgan fingerprint density at radius 3 is 0.889 bits per heavy atom. The average molecular weight is 345 g/mol. The number of hydrogen-bond donors (Lipinski definition) is 0. The monoisotopic (exact) mass is 345 g/mol. The van der Waals surface area contributed by atoms with E-state index in [0.29, 0.717) is 0 Å². The SMILES string of the molecule is [Y].[Y].[Y].[c-]1n[c-]n[c-]n1. The molecule has 0 N–H and O–H groups in total. The first-order valence-corrected chi connectivity index (χ1v) is 1.34. The molecule has 0 bridgehead atoms. The molecule has 0 saturated heterocycles. The summed E-state index contributed by atoms with van der Waals surface area (Å²) in [5.41, 5.74) is 0. The zero-order chi connectivity index (χ0) is 4.24. The molecule has 0 aliphatic heterocycles. The van der Waals surface area contributed by atoms with Crippen LogP contribution in [-0.2, 0) is 98.1 Å². The standard InChI is InChI=1S/C3N3.3Y/c1-4-2-6-3-5-1;;;/q-3;;;. The maximum atomic E-state index is 3.28. The van der Waals surface area contributed by atoms with Gasteiger partial charge in [0, 0.05) is 98.1 Å². The van der Waals surface area contributed by atoms with E-state index in [0.717, 1.165) is 0 Å². The Bertz CT molecular complexity index is 86.2. The van der Waals surface area contributed by atoms with Crippen LogP contribution in [0.4, 0.5) is 0 Å². The normalized spacial score (nSPS) is 5.33. The Balaban J connectivity index is -0.000000120. The van der Waals surface area contributed by atoms with Crippen LogP contribution in [0.3, 0.4) is 0 Å². The number of aromatic nitrogens is 3. The van der Waals surface area contributed by atoms with Gasteiger partial charge in [0.2, 0.25) is 0 Å². The summed E-state index contributed by atoms with van der Waals surface area (Å²) >= 11 is 0. The molecule has 0 fully saturated rings. The maximum absolute atomic E-state index is 3.28. The van der Waals surface area contributed by atoms with Crippen LogP contribution in [0.2, 0.25) is 0 Å². The van der Waals surface area contributed by atoms with Gasteiger partial charge in [-0.25, -0.2) is 0 Å². The van der Waals surface area contributed by atoms with E-state index >= 15 is 0 Å². The molecule has 1 heterocycles. The van der Waals surface area contributed by atoms with E-state index in [4.69, 9.17) is 0 Å². The van der Waals surface area contributed by atoms with Crippen LogP contribution >= 0.6 is 0 Å². The van der Waals surface area contributed by atoms with E-state index in [1.165, 1.54) is 0 Å². The van der Waals surface area contributed by atoms with Crippen LogP contribution in [0, 0.1) is 19.0 Å². The molecule has 1 aromatic rings. The van der Waals surface area contributed by atoms with E-state index in [2.05, 4.69) is 33.9 Å². The molecule has 0 aliphatic rings. The maximum Gasteiger partial charge on any atom is 0 e. The van der Waals surface area contributed by atoms with Crippen molar-refractivity contribution in [3.8, 4) is 0 Å². The van der Waals surface area contributed by atoms with Gasteiger partial charge in [0.1, 0.15) is 0 Å². The molecule has 39 valence electrons. The minimum atomic E-state index is 0.